The quantitative estimate of drug-likeness (QED) is 0.395. The van der Waals surface area contributed by atoms with Crippen LogP contribution in [-0.2, 0) is 17.8 Å². The maximum atomic E-state index is 10.6. The van der Waals surface area contributed by atoms with Crippen molar-refractivity contribution < 1.29 is 9.90 Å². The van der Waals surface area contributed by atoms with Gasteiger partial charge in [0.05, 0.1) is 12.7 Å². The number of fused-ring (bicyclic) bond motifs is 2. The van der Waals surface area contributed by atoms with Crippen LogP contribution in [0.3, 0.4) is 0 Å². The first-order valence-corrected chi connectivity index (χ1v) is 9.81. The summed E-state index contributed by atoms with van der Waals surface area (Å²) < 4.78 is 0. The molecule has 2 aromatic heterocycles. The molecule has 2 heterocycles. The maximum absolute atomic E-state index is 10.6. The molecule has 5 rings (SSSR count). The molecule has 7 nitrogen and oxygen atoms in total. The molecule has 0 amide bonds. The number of imidazole rings is 1. The lowest BCUT2D eigenvalue weighted by molar-refractivity contribution is -0.136. The van der Waals surface area contributed by atoms with Crippen LogP contribution in [0.4, 0.5) is 5.82 Å². The molecule has 0 atom stereocenters. The van der Waals surface area contributed by atoms with Gasteiger partial charge in [0.15, 0.2) is 11.5 Å². The third-order valence-corrected chi connectivity index (χ3v) is 4.75. The van der Waals surface area contributed by atoms with Crippen LogP contribution in [0.25, 0.3) is 21.9 Å². The minimum absolute atomic E-state index is 0.0847. The van der Waals surface area contributed by atoms with Gasteiger partial charge in [0.1, 0.15) is 11.8 Å². The molecule has 3 N–H and O–H groups in total. The number of nitrogens with one attached hydrogen (secondary N) is 2. The molecule has 31 heavy (non-hydrogen) atoms. The van der Waals surface area contributed by atoms with Crippen LogP contribution in [0.5, 0.6) is 0 Å². The highest BCUT2D eigenvalue weighted by molar-refractivity contribution is 5.88. The van der Waals surface area contributed by atoms with E-state index in [1.54, 1.807) is 6.33 Å². The van der Waals surface area contributed by atoms with E-state index in [1.807, 2.05) is 60.7 Å². The monoisotopic (exact) mass is 411 g/mol. The van der Waals surface area contributed by atoms with Gasteiger partial charge in [-0.3, -0.25) is 4.79 Å². The number of aromatic nitrogens is 4. The Morgan fingerprint density at radius 3 is 2.52 bits per heavy atom. The summed E-state index contributed by atoms with van der Waals surface area (Å²) in [6.45, 7) is 0.728. The summed E-state index contributed by atoms with van der Waals surface area (Å²) in [5.74, 6) is -0.0160. The van der Waals surface area contributed by atoms with Gasteiger partial charge in [-0.2, -0.15) is 0 Å². The van der Waals surface area contributed by atoms with Gasteiger partial charge in [-0.25, -0.2) is 15.0 Å². The number of aliphatic carboxylic acids is 1. The van der Waals surface area contributed by atoms with Gasteiger partial charge in [0.2, 0.25) is 0 Å². The molecule has 7 heteroatoms. The summed E-state index contributed by atoms with van der Waals surface area (Å²) in [4.78, 5) is 26.0. The Morgan fingerprint density at radius 2 is 1.68 bits per heavy atom. The minimum Gasteiger partial charge on any atom is -0.481 e. The Bertz CT molecular complexity index is 1300. The lowest BCUT2D eigenvalue weighted by Gasteiger charge is -2.05. The molecule has 0 saturated carbocycles. The topological polar surface area (TPSA) is 104 Å². The Hall–Kier alpha value is -4.26. The molecule has 3 aromatic carbocycles. The molecule has 0 saturated heterocycles. The normalized spacial score (nSPS) is 10.5. The molecule has 0 unspecified atom stereocenters. The number of hydrogen-bond donors (Lipinski definition) is 3. The SMILES string of the molecule is O=C(O)Cc1cccc2ccccc12.c1ccc(CNc2ncnc3nc[nH]c23)cc1. The van der Waals surface area contributed by atoms with E-state index >= 15 is 0 Å². The van der Waals surface area contributed by atoms with E-state index in [1.165, 1.54) is 11.9 Å². The van der Waals surface area contributed by atoms with Crippen molar-refractivity contribution in [2.75, 3.05) is 5.32 Å². The standard InChI is InChI=1S/C12H11N5.C12H10O2/c1-2-4-9(5-3-1)6-13-11-10-12(15-7-14-10)17-8-16-11;13-12(14)8-10-6-3-5-9-4-1-2-7-11(9)10/h1-5,7-8H,6H2,(H2,13,14,15,16,17);1-7H,8H2,(H,13,14). The molecule has 154 valence electrons. The van der Waals surface area contributed by atoms with Gasteiger partial charge in [-0.05, 0) is 21.9 Å². The van der Waals surface area contributed by atoms with E-state index in [2.05, 4.69) is 37.4 Å². The van der Waals surface area contributed by atoms with Gasteiger partial charge in [-0.1, -0.05) is 72.8 Å². The van der Waals surface area contributed by atoms with Crippen molar-refractivity contribution >= 4 is 33.7 Å². The Balaban J connectivity index is 0.000000152. The highest BCUT2D eigenvalue weighted by atomic mass is 16.4. The summed E-state index contributed by atoms with van der Waals surface area (Å²) in [7, 11) is 0. The molecular weight excluding hydrogens is 390 g/mol. The summed E-state index contributed by atoms with van der Waals surface area (Å²) in [6.07, 6.45) is 3.21. The minimum atomic E-state index is -0.790. The van der Waals surface area contributed by atoms with Gasteiger partial charge in [0, 0.05) is 6.54 Å². The van der Waals surface area contributed by atoms with Crippen molar-refractivity contribution in [3.63, 3.8) is 0 Å². The number of aromatic amines is 1. The zero-order chi connectivity index (χ0) is 21.5. The Kier molecular flexibility index (Phi) is 6.13. The van der Waals surface area contributed by atoms with Crippen LogP contribution in [0.2, 0.25) is 0 Å². The number of carboxylic acid groups (broad SMARTS) is 1. The van der Waals surface area contributed by atoms with Crippen LogP contribution in [-0.4, -0.2) is 31.0 Å². The van der Waals surface area contributed by atoms with E-state index in [0.29, 0.717) is 5.65 Å². The first kappa shape index (κ1) is 20.0. The highest BCUT2D eigenvalue weighted by Crippen LogP contribution is 2.18. The molecule has 0 aliphatic rings. The number of anilines is 1. The van der Waals surface area contributed by atoms with Crippen molar-refractivity contribution in [2.45, 2.75) is 13.0 Å². The molecule has 0 spiro atoms. The lowest BCUT2D eigenvalue weighted by Crippen LogP contribution is -2.02. The maximum Gasteiger partial charge on any atom is 0.307 e. The van der Waals surface area contributed by atoms with Crippen LogP contribution < -0.4 is 5.32 Å². The first-order chi connectivity index (χ1) is 15.2. The molecule has 0 aliphatic carbocycles. The highest BCUT2D eigenvalue weighted by Gasteiger charge is 2.05. The number of rotatable bonds is 5. The number of hydrogen-bond acceptors (Lipinski definition) is 5. The van der Waals surface area contributed by atoms with E-state index in [4.69, 9.17) is 5.11 Å². The second kappa shape index (κ2) is 9.49. The van der Waals surface area contributed by atoms with E-state index in [-0.39, 0.29) is 6.42 Å². The number of benzene rings is 3. The van der Waals surface area contributed by atoms with Gasteiger partial charge >= 0.3 is 5.97 Å². The average molecular weight is 411 g/mol. The van der Waals surface area contributed by atoms with E-state index in [9.17, 15) is 4.79 Å². The van der Waals surface area contributed by atoms with Crippen LogP contribution in [0.1, 0.15) is 11.1 Å². The van der Waals surface area contributed by atoms with Gasteiger partial charge in [0.25, 0.3) is 0 Å². The average Bonchev–Trinajstić information content (AvgIpc) is 3.28. The second-order valence-corrected chi connectivity index (χ2v) is 6.87. The number of carboxylic acids is 1. The predicted octanol–water partition coefficient (Wildman–Crippen LogP) is 4.43. The summed E-state index contributed by atoms with van der Waals surface area (Å²) in [5, 5.41) is 14.1. The molecule has 5 aromatic rings. The Labute approximate surface area is 178 Å². The smallest absolute Gasteiger partial charge is 0.307 e. The van der Waals surface area contributed by atoms with Gasteiger partial charge < -0.3 is 15.4 Å². The van der Waals surface area contributed by atoms with E-state index in [0.717, 1.165) is 34.2 Å². The predicted molar refractivity (Wildman–Crippen MR) is 121 cm³/mol. The summed E-state index contributed by atoms with van der Waals surface area (Å²) in [6, 6.07) is 23.7. The number of H-pyrrole nitrogens is 1. The Morgan fingerprint density at radius 1 is 0.903 bits per heavy atom. The molecule has 0 radical (unpaired) electrons. The number of carbonyl (C=O) groups is 1. The fourth-order valence-corrected chi connectivity index (χ4v) is 3.29. The van der Waals surface area contributed by atoms with Crippen molar-refractivity contribution in [3.8, 4) is 0 Å². The third kappa shape index (κ3) is 5.02. The molecule has 0 bridgehead atoms. The van der Waals surface area contributed by atoms with Crippen molar-refractivity contribution in [3.05, 3.63) is 96.6 Å². The molecule has 0 fully saturated rings. The summed E-state index contributed by atoms with van der Waals surface area (Å²) in [5.41, 5.74) is 3.59. The second-order valence-electron chi connectivity index (χ2n) is 6.87. The third-order valence-electron chi connectivity index (χ3n) is 4.75. The van der Waals surface area contributed by atoms with Crippen LogP contribution in [0, 0.1) is 0 Å². The van der Waals surface area contributed by atoms with Crippen molar-refractivity contribution in [1.29, 1.82) is 0 Å². The number of nitrogens with zero attached hydrogens (tertiary/aromatic N) is 3. The molecular formula is C24H21N5O2. The fraction of sp³-hybridized carbons (Fsp3) is 0.0833. The zero-order valence-corrected chi connectivity index (χ0v) is 16.7. The van der Waals surface area contributed by atoms with Crippen molar-refractivity contribution in [1.82, 2.24) is 19.9 Å². The first-order valence-electron chi connectivity index (χ1n) is 9.81. The van der Waals surface area contributed by atoms with Crippen molar-refractivity contribution in [2.24, 2.45) is 0 Å². The molecule has 0 aliphatic heterocycles. The van der Waals surface area contributed by atoms with Crippen LogP contribution in [0.15, 0.2) is 85.5 Å². The fourth-order valence-electron chi connectivity index (χ4n) is 3.29. The summed E-state index contributed by atoms with van der Waals surface area (Å²) >= 11 is 0. The van der Waals surface area contributed by atoms with E-state index < -0.39 is 5.97 Å². The largest absolute Gasteiger partial charge is 0.481 e. The van der Waals surface area contributed by atoms with Crippen LogP contribution >= 0.6 is 0 Å². The van der Waals surface area contributed by atoms with Gasteiger partial charge in [-0.15, -0.1) is 0 Å². The zero-order valence-electron chi connectivity index (χ0n) is 16.7. The lowest BCUT2D eigenvalue weighted by atomic mass is 10.0.